The molecular formula is C13H12N2O4. The predicted molar refractivity (Wildman–Crippen MR) is 67.3 cm³/mol. The van der Waals surface area contributed by atoms with Crippen molar-refractivity contribution in [2.45, 2.75) is 13.8 Å². The van der Waals surface area contributed by atoms with Crippen LogP contribution in [0.2, 0.25) is 0 Å². The van der Waals surface area contributed by atoms with E-state index in [1.54, 1.807) is 19.9 Å². The summed E-state index contributed by atoms with van der Waals surface area (Å²) in [4.78, 5) is 22.7. The third kappa shape index (κ3) is 2.62. The van der Waals surface area contributed by atoms with Crippen LogP contribution in [0.15, 0.2) is 28.9 Å². The van der Waals surface area contributed by atoms with E-state index in [0.717, 1.165) is 0 Å². The summed E-state index contributed by atoms with van der Waals surface area (Å²) in [5.74, 6) is -1.28. The summed E-state index contributed by atoms with van der Waals surface area (Å²) in [6.07, 6.45) is 1.45. The molecule has 1 amide bonds. The second-order valence-corrected chi connectivity index (χ2v) is 4.13. The molecule has 2 rings (SSSR count). The fourth-order valence-electron chi connectivity index (χ4n) is 1.63. The largest absolute Gasteiger partial charge is 0.478 e. The molecular weight excluding hydrogens is 248 g/mol. The van der Waals surface area contributed by atoms with E-state index in [1.807, 2.05) is 0 Å². The Bertz CT molecular complexity index is 646. The topological polar surface area (TPSA) is 92.4 Å². The van der Waals surface area contributed by atoms with Crippen molar-refractivity contribution in [1.29, 1.82) is 0 Å². The van der Waals surface area contributed by atoms with Crippen molar-refractivity contribution >= 4 is 17.6 Å². The first-order chi connectivity index (χ1) is 8.99. The lowest BCUT2D eigenvalue weighted by Gasteiger charge is -2.07. The lowest BCUT2D eigenvalue weighted by atomic mass is 10.1. The van der Waals surface area contributed by atoms with E-state index < -0.39 is 11.9 Å². The van der Waals surface area contributed by atoms with Crippen LogP contribution in [0.4, 0.5) is 5.69 Å². The average Bonchev–Trinajstić information content (AvgIpc) is 2.77. The molecule has 0 saturated heterocycles. The summed E-state index contributed by atoms with van der Waals surface area (Å²) < 4.78 is 4.84. The van der Waals surface area contributed by atoms with E-state index in [1.165, 1.54) is 18.3 Å². The van der Waals surface area contributed by atoms with Crippen molar-refractivity contribution < 1.29 is 19.2 Å². The molecule has 0 spiro atoms. The second-order valence-electron chi connectivity index (χ2n) is 4.13. The van der Waals surface area contributed by atoms with Crippen molar-refractivity contribution in [1.82, 2.24) is 5.16 Å². The lowest BCUT2D eigenvalue weighted by molar-refractivity contribution is 0.0696. The smallest absolute Gasteiger partial charge is 0.335 e. The van der Waals surface area contributed by atoms with Gasteiger partial charge in [-0.1, -0.05) is 5.16 Å². The molecule has 1 aromatic carbocycles. The number of carbonyl (C=O) groups excluding carboxylic acids is 1. The number of carbonyl (C=O) groups is 2. The van der Waals surface area contributed by atoms with Gasteiger partial charge in [0.25, 0.3) is 5.91 Å². The van der Waals surface area contributed by atoms with E-state index in [4.69, 9.17) is 9.63 Å². The number of benzene rings is 1. The Balaban J connectivity index is 2.23. The molecule has 0 bridgehead atoms. The molecule has 2 N–H and O–H groups in total. The molecule has 0 atom stereocenters. The summed E-state index contributed by atoms with van der Waals surface area (Å²) in [5.41, 5.74) is 2.00. The summed E-state index contributed by atoms with van der Waals surface area (Å²) in [6.45, 7) is 3.43. The van der Waals surface area contributed by atoms with Gasteiger partial charge in [-0.25, -0.2) is 4.79 Å². The Morgan fingerprint density at radius 3 is 2.53 bits per heavy atom. The molecule has 0 fully saturated rings. The highest BCUT2D eigenvalue weighted by molar-refractivity contribution is 6.03. The quantitative estimate of drug-likeness (QED) is 0.882. The molecule has 1 heterocycles. The number of hydrogen-bond acceptors (Lipinski definition) is 4. The van der Waals surface area contributed by atoms with Gasteiger partial charge < -0.3 is 14.9 Å². The zero-order chi connectivity index (χ0) is 14.0. The number of nitrogens with zero attached hydrogens (tertiary/aromatic N) is 1. The number of anilines is 1. The van der Waals surface area contributed by atoms with Crippen molar-refractivity contribution in [3.05, 3.63) is 46.8 Å². The van der Waals surface area contributed by atoms with E-state index in [9.17, 15) is 9.59 Å². The highest BCUT2D eigenvalue weighted by atomic mass is 16.5. The number of rotatable bonds is 3. The van der Waals surface area contributed by atoms with Gasteiger partial charge in [-0.05, 0) is 37.6 Å². The van der Waals surface area contributed by atoms with Crippen molar-refractivity contribution in [2.75, 3.05) is 5.32 Å². The molecule has 0 aliphatic heterocycles. The highest BCUT2D eigenvalue weighted by Gasteiger charge is 2.15. The fourth-order valence-corrected chi connectivity index (χ4v) is 1.63. The number of amides is 1. The Hall–Kier alpha value is -2.63. The summed E-state index contributed by atoms with van der Waals surface area (Å²) in [7, 11) is 0. The lowest BCUT2D eigenvalue weighted by Crippen LogP contribution is -2.13. The van der Waals surface area contributed by atoms with Crippen LogP contribution in [0.25, 0.3) is 0 Å². The maximum absolute atomic E-state index is 11.9. The zero-order valence-electron chi connectivity index (χ0n) is 10.4. The van der Waals surface area contributed by atoms with Crippen molar-refractivity contribution in [3.63, 3.8) is 0 Å². The number of carboxylic acid groups (broad SMARTS) is 1. The number of carboxylic acids is 1. The van der Waals surface area contributed by atoms with Crippen molar-refractivity contribution in [2.24, 2.45) is 0 Å². The molecule has 0 unspecified atom stereocenters. The average molecular weight is 260 g/mol. The summed E-state index contributed by atoms with van der Waals surface area (Å²) in [6, 6.07) is 4.46. The van der Waals surface area contributed by atoms with E-state index in [2.05, 4.69) is 10.5 Å². The number of aryl methyl sites for hydroxylation is 2. The zero-order valence-corrected chi connectivity index (χ0v) is 10.4. The van der Waals surface area contributed by atoms with Crippen LogP contribution >= 0.6 is 0 Å². The van der Waals surface area contributed by atoms with Gasteiger partial charge >= 0.3 is 5.97 Å². The first-order valence-electron chi connectivity index (χ1n) is 5.55. The highest BCUT2D eigenvalue weighted by Crippen LogP contribution is 2.18. The second kappa shape index (κ2) is 4.93. The number of aromatic nitrogens is 1. The third-order valence-electron chi connectivity index (χ3n) is 2.68. The van der Waals surface area contributed by atoms with Gasteiger partial charge in [0.1, 0.15) is 0 Å². The fraction of sp³-hybridized carbons (Fsp3) is 0.154. The molecule has 0 saturated carbocycles. The maximum atomic E-state index is 11.9. The SMILES string of the molecule is Cc1cc(C(=O)O)ccc1NC(=O)c1oncc1C. The van der Waals surface area contributed by atoms with Gasteiger partial charge in [-0.2, -0.15) is 0 Å². The van der Waals surface area contributed by atoms with Crippen molar-refractivity contribution in [3.8, 4) is 0 Å². The molecule has 6 heteroatoms. The van der Waals surface area contributed by atoms with Crippen LogP contribution in [-0.4, -0.2) is 22.1 Å². The molecule has 6 nitrogen and oxygen atoms in total. The molecule has 19 heavy (non-hydrogen) atoms. The first kappa shape index (κ1) is 12.8. The Morgan fingerprint density at radius 1 is 1.26 bits per heavy atom. The van der Waals surface area contributed by atoms with Gasteiger partial charge in [-0.3, -0.25) is 4.79 Å². The summed E-state index contributed by atoms with van der Waals surface area (Å²) >= 11 is 0. The van der Waals surface area contributed by atoms with Crippen LogP contribution in [-0.2, 0) is 0 Å². The molecule has 0 aliphatic rings. The number of aromatic carboxylic acids is 1. The Kier molecular flexibility index (Phi) is 3.33. The van der Waals surface area contributed by atoms with Gasteiger partial charge in [0.05, 0.1) is 11.8 Å². The first-order valence-corrected chi connectivity index (χ1v) is 5.55. The van der Waals surface area contributed by atoms with Gasteiger partial charge in [0.15, 0.2) is 0 Å². The monoisotopic (exact) mass is 260 g/mol. The minimum absolute atomic E-state index is 0.140. The van der Waals surface area contributed by atoms with Gasteiger partial charge in [-0.15, -0.1) is 0 Å². The van der Waals surface area contributed by atoms with Crippen LogP contribution in [0, 0.1) is 13.8 Å². The van der Waals surface area contributed by atoms with E-state index >= 15 is 0 Å². The minimum atomic E-state index is -1.01. The number of hydrogen-bond donors (Lipinski definition) is 2. The molecule has 1 aromatic heterocycles. The number of nitrogens with one attached hydrogen (secondary N) is 1. The minimum Gasteiger partial charge on any atom is -0.478 e. The van der Waals surface area contributed by atoms with Crippen LogP contribution in [0.5, 0.6) is 0 Å². The van der Waals surface area contributed by atoms with Crippen LogP contribution in [0.3, 0.4) is 0 Å². The van der Waals surface area contributed by atoms with Crippen LogP contribution < -0.4 is 5.32 Å². The molecule has 98 valence electrons. The molecule has 0 aliphatic carbocycles. The molecule has 2 aromatic rings. The summed E-state index contributed by atoms with van der Waals surface area (Å²) in [5, 5.41) is 15.0. The Morgan fingerprint density at radius 2 is 2.00 bits per heavy atom. The van der Waals surface area contributed by atoms with E-state index in [-0.39, 0.29) is 11.3 Å². The van der Waals surface area contributed by atoms with Gasteiger partial charge in [0, 0.05) is 11.3 Å². The standard InChI is InChI=1S/C13H12N2O4/c1-7-5-9(13(17)18)3-4-10(7)15-12(16)11-8(2)6-14-19-11/h3-6H,1-2H3,(H,15,16)(H,17,18). The van der Waals surface area contributed by atoms with Gasteiger partial charge in [0.2, 0.25) is 5.76 Å². The van der Waals surface area contributed by atoms with E-state index in [0.29, 0.717) is 16.8 Å². The van der Waals surface area contributed by atoms with Crippen LogP contribution in [0.1, 0.15) is 32.0 Å². The maximum Gasteiger partial charge on any atom is 0.335 e. The normalized spacial score (nSPS) is 10.2. The Labute approximate surface area is 109 Å². The third-order valence-corrected chi connectivity index (χ3v) is 2.68. The molecule has 0 radical (unpaired) electrons. The predicted octanol–water partition coefficient (Wildman–Crippen LogP) is 2.24.